The molecule has 2 aromatic heterocycles. The van der Waals surface area contributed by atoms with E-state index in [0.717, 1.165) is 94.4 Å². The molecule has 56 heavy (non-hydrogen) atoms. The van der Waals surface area contributed by atoms with Crippen molar-refractivity contribution in [2.24, 2.45) is 4.99 Å². The lowest BCUT2D eigenvalue weighted by Crippen LogP contribution is -2.31. The number of furan rings is 2. The van der Waals surface area contributed by atoms with Crippen LogP contribution in [0, 0.1) is 0 Å². The van der Waals surface area contributed by atoms with Gasteiger partial charge in [-0.1, -0.05) is 158 Å². The van der Waals surface area contributed by atoms with Crippen LogP contribution in [0.2, 0.25) is 0 Å². The van der Waals surface area contributed by atoms with Crippen molar-refractivity contribution >= 4 is 55.4 Å². The van der Waals surface area contributed by atoms with Crippen molar-refractivity contribution < 1.29 is 8.83 Å². The molecular weight excluding hydrogens is 685 g/mol. The first-order chi connectivity index (χ1) is 27.8. The molecule has 0 saturated carbocycles. The molecule has 4 heteroatoms. The lowest BCUT2D eigenvalue weighted by atomic mass is 9.93. The normalized spacial score (nSPS) is 14.2. The zero-order valence-corrected chi connectivity index (χ0v) is 30.3. The van der Waals surface area contributed by atoms with E-state index >= 15 is 0 Å². The van der Waals surface area contributed by atoms with Gasteiger partial charge < -0.3 is 14.2 Å². The van der Waals surface area contributed by atoms with Crippen LogP contribution < -0.4 is 5.32 Å². The van der Waals surface area contributed by atoms with Gasteiger partial charge in [0.1, 0.15) is 28.2 Å². The molecule has 0 spiro atoms. The number of rotatable bonds is 6. The van der Waals surface area contributed by atoms with Gasteiger partial charge in [0, 0.05) is 38.2 Å². The summed E-state index contributed by atoms with van der Waals surface area (Å²) < 4.78 is 13.6. The molecule has 0 saturated heterocycles. The summed E-state index contributed by atoms with van der Waals surface area (Å²) in [6, 6.07) is 65.5. The maximum atomic E-state index is 7.23. The van der Waals surface area contributed by atoms with E-state index in [9.17, 15) is 0 Å². The Morgan fingerprint density at radius 3 is 1.88 bits per heavy atom. The Morgan fingerprint density at radius 1 is 0.411 bits per heavy atom. The van der Waals surface area contributed by atoms with Crippen LogP contribution in [0.15, 0.2) is 208 Å². The standard InChI is InChI=1S/C52H34N2O2/c1-4-15-33(16-5-1)36-21-12-22-37(31-36)38-29-30-43(52-53-44(34-17-6-2-7-18-34)32-45(54-52)35-19-8-3-9-20-35)49-42-26-13-25-40(50(42)56-51(38)49)39-24-14-28-47-48(39)41-23-10-11-27-46(41)55-47/h1-32,44H,(H,53,54). The maximum Gasteiger partial charge on any atom is 0.144 e. The van der Waals surface area contributed by atoms with Crippen LogP contribution in [-0.2, 0) is 0 Å². The van der Waals surface area contributed by atoms with E-state index in [2.05, 4.69) is 175 Å². The molecule has 1 unspecified atom stereocenters. The van der Waals surface area contributed by atoms with Crippen LogP contribution in [-0.4, -0.2) is 5.84 Å². The second kappa shape index (κ2) is 13.2. The van der Waals surface area contributed by atoms with Crippen LogP contribution in [0.4, 0.5) is 0 Å². The van der Waals surface area contributed by atoms with Gasteiger partial charge >= 0.3 is 0 Å². The van der Waals surface area contributed by atoms with Gasteiger partial charge in [-0.15, -0.1) is 0 Å². The Labute approximate surface area is 323 Å². The molecule has 0 radical (unpaired) electrons. The average molecular weight is 719 g/mol. The molecule has 0 fully saturated rings. The van der Waals surface area contributed by atoms with E-state index in [1.54, 1.807) is 0 Å². The van der Waals surface area contributed by atoms with Crippen LogP contribution in [0.3, 0.4) is 0 Å². The Morgan fingerprint density at radius 2 is 1.04 bits per heavy atom. The molecule has 264 valence electrons. The van der Waals surface area contributed by atoms with Gasteiger partial charge in [0.25, 0.3) is 0 Å². The largest absolute Gasteiger partial charge is 0.456 e. The molecule has 0 bridgehead atoms. The summed E-state index contributed by atoms with van der Waals surface area (Å²) in [5, 5.41) is 8.03. The fourth-order valence-corrected chi connectivity index (χ4v) is 8.32. The zero-order valence-electron chi connectivity index (χ0n) is 30.3. The second-order valence-electron chi connectivity index (χ2n) is 14.3. The molecule has 10 aromatic rings. The van der Waals surface area contributed by atoms with Gasteiger partial charge in [0.05, 0.1) is 11.7 Å². The van der Waals surface area contributed by atoms with Gasteiger partial charge in [-0.25, -0.2) is 4.99 Å². The predicted molar refractivity (Wildman–Crippen MR) is 231 cm³/mol. The van der Waals surface area contributed by atoms with Crippen LogP contribution in [0.25, 0.3) is 83.0 Å². The first kappa shape index (κ1) is 32.0. The van der Waals surface area contributed by atoms with Crippen molar-refractivity contribution in [3.63, 3.8) is 0 Å². The Kier molecular flexibility index (Phi) is 7.52. The highest BCUT2D eigenvalue weighted by molar-refractivity contribution is 6.24. The minimum atomic E-state index is -0.0862. The minimum absolute atomic E-state index is 0.0862. The highest BCUT2D eigenvalue weighted by Crippen LogP contribution is 2.45. The number of nitrogens with zero attached hydrogens (tertiary/aromatic N) is 1. The number of hydrogen-bond acceptors (Lipinski definition) is 4. The fourth-order valence-electron chi connectivity index (χ4n) is 8.32. The number of amidine groups is 1. The smallest absolute Gasteiger partial charge is 0.144 e. The molecule has 11 rings (SSSR count). The Balaban J connectivity index is 1.18. The molecule has 1 atom stereocenters. The number of aliphatic imine (C=N–C) groups is 1. The molecule has 0 amide bonds. The first-order valence-electron chi connectivity index (χ1n) is 19.0. The minimum Gasteiger partial charge on any atom is -0.456 e. The van der Waals surface area contributed by atoms with Crippen LogP contribution >= 0.6 is 0 Å². The zero-order chi connectivity index (χ0) is 37.0. The Hall–Kier alpha value is -7.43. The monoisotopic (exact) mass is 718 g/mol. The van der Waals surface area contributed by atoms with Crippen molar-refractivity contribution in [2.75, 3.05) is 0 Å². The highest BCUT2D eigenvalue weighted by Gasteiger charge is 2.26. The van der Waals surface area contributed by atoms with E-state index in [-0.39, 0.29) is 6.04 Å². The van der Waals surface area contributed by atoms with E-state index < -0.39 is 0 Å². The van der Waals surface area contributed by atoms with E-state index in [1.165, 1.54) is 11.1 Å². The summed E-state index contributed by atoms with van der Waals surface area (Å²) in [7, 11) is 0. The summed E-state index contributed by atoms with van der Waals surface area (Å²) in [4.78, 5) is 5.35. The number of nitrogens with one attached hydrogen (secondary N) is 1. The number of benzene rings is 8. The van der Waals surface area contributed by atoms with Crippen molar-refractivity contribution in [3.05, 3.63) is 211 Å². The Bertz CT molecular complexity index is 3150. The summed E-state index contributed by atoms with van der Waals surface area (Å²) in [6.07, 6.45) is 2.22. The lowest BCUT2D eigenvalue weighted by Gasteiger charge is -2.25. The molecule has 4 nitrogen and oxygen atoms in total. The van der Waals surface area contributed by atoms with Crippen molar-refractivity contribution in [1.29, 1.82) is 0 Å². The van der Waals surface area contributed by atoms with Crippen LogP contribution in [0.1, 0.15) is 22.7 Å². The summed E-state index contributed by atoms with van der Waals surface area (Å²) in [5.74, 6) is 0.797. The predicted octanol–water partition coefficient (Wildman–Crippen LogP) is 13.6. The van der Waals surface area contributed by atoms with E-state index in [0.29, 0.717) is 0 Å². The lowest BCUT2D eigenvalue weighted by molar-refractivity contribution is 0.669. The number of fused-ring (bicyclic) bond motifs is 6. The van der Waals surface area contributed by atoms with Crippen molar-refractivity contribution in [2.45, 2.75) is 6.04 Å². The molecule has 8 aromatic carbocycles. The molecule has 3 heterocycles. The van der Waals surface area contributed by atoms with Gasteiger partial charge in [0.15, 0.2) is 0 Å². The van der Waals surface area contributed by atoms with E-state index in [1.807, 2.05) is 24.3 Å². The highest BCUT2D eigenvalue weighted by atomic mass is 16.3. The molecular formula is C52H34N2O2. The number of para-hydroxylation sites is 2. The summed E-state index contributed by atoms with van der Waals surface area (Å²) >= 11 is 0. The quantitative estimate of drug-likeness (QED) is 0.186. The van der Waals surface area contributed by atoms with Gasteiger partial charge in [-0.2, -0.15) is 0 Å². The third kappa shape index (κ3) is 5.34. The van der Waals surface area contributed by atoms with Gasteiger partial charge in [-0.3, -0.25) is 0 Å². The third-order valence-corrected chi connectivity index (χ3v) is 11.0. The maximum absolute atomic E-state index is 7.23. The third-order valence-electron chi connectivity index (χ3n) is 11.0. The molecule has 0 aliphatic carbocycles. The average Bonchev–Trinajstić information content (AvgIpc) is 3.86. The van der Waals surface area contributed by atoms with Gasteiger partial charge in [-0.05, 0) is 69.8 Å². The van der Waals surface area contributed by atoms with Gasteiger partial charge in [0.2, 0.25) is 0 Å². The number of hydrogen-bond donors (Lipinski definition) is 1. The SMILES string of the molecule is C1=C(c2ccccc2)N=C(c2ccc(-c3cccc(-c4ccccc4)c3)c3oc4c(-c5cccc6oc7ccccc7c56)cccc4c23)NC1c1ccccc1. The molecule has 1 aliphatic rings. The van der Waals surface area contributed by atoms with E-state index in [4.69, 9.17) is 13.8 Å². The topological polar surface area (TPSA) is 50.7 Å². The van der Waals surface area contributed by atoms with Crippen LogP contribution in [0.5, 0.6) is 0 Å². The summed E-state index contributed by atoms with van der Waals surface area (Å²) in [5.41, 5.74) is 14.0. The molecule has 1 aliphatic heterocycles. The second-order valence-corrected chi connectivity index (χ2v) is 14.3. The van der Waals surface area contributed by atoms with Crippen molar-refractivity contribution in [1.82, 2.24) is 5.32 Å². The van der Waals surface area contributed by atoms with Crippen molar-refractivity contribution in [3.8, 4) is 33.4 Å². The molecule has 1 N–H and O–H groups in total. The first-order valence-corrected chi connectivity index (χ1v) is 19.0. The summed E-state index contributed by atoms with van der Waals surface area (Å²) in [6.45, 7) is 0. The fraction of sp³-hybridized carbons (Fsp3) is 0.0192.